The largest absolute Gasteiger partial charge is 0.469 e. The third kappa shape index (κ3) is 2.96. The molecule has 1 aromatic heterocycles. The van der Waals surface area contributed by atoms with Crippen molar-refractivity contribution in [3.8, 4) is 0 Å². The molecule has 1 aliphatic heterocycles. The van der Waals surface area contributed by atoms with Gasteiger partial charge in [-0.3, -0.25) is 14.5 Å². The normalized spacial score (nSPS) is 29.5. The fourth-order valence-electron chi connectivity index (χ4n) is 5.14. The van der Waals surface area contributed by atoms with E-state index in [1.54, 1.807) is 12.1 Å². The zero-order valence-electron chi connectivity index (χ0n) is 15.8. The number of ether oxygens (including phenoxy) is 1. The van der Waals surface area contributed by atoms with Crippen molar-refractivity contribution >= 4 is 17.6 Å². The van der Waals surface area contributed by atoms with Gasteiger partial charge in [-0.05, 0) is 36.8 Å². The number of halogens is 1. The summed E-state index contributed by atoms with van der Waals surface area (Å²) in [6, 6.07) is 3.18. The summed E-state index contributed by atoms with van der Waals surface area (Å²) in [4.78, 5) is 31.5. The van der Waals surface area contributed by atoms with Gasteiger partial charge in [0.25, 0.3) is 5.91 Å². The first-order valence-corrected chi connectivity index (χ1v) is 9.35. The van der Waals surface area contributed by atoms with Crippen molar-refractivity contribution in [1.82, 2.24) is 15.2 Å². The number of aromatic nitrogens is 1. The topological polar surface area (TPSA) is 74.8 Å². The van der Waals surface area contributed by atoms with Crippen LogP contribution >= 0.6 is 0 Å². The van der Waals surface area contributed by atoms with Crippen LogP contribution in [0.5, 0.6) is 0 Å². The molecule has 0 spiro atoms. The number of esters is 1. The summed E-state index contributed by atoms with van der Waals surface area (Å²) in [5, 5.41) is 2.45. The standard InChI is InChI=1S/C19H25FN4O3/c1-21-16(25)13-3-4-14(15(20)22-13)24-7-5-23(6-8-24)12-18-9-19(10-18,11-18)17(26)27-2/h3-4H,5-12H2,1-2H3,(H,21,25). The average molecular weight is 376 g/mol. The van der Waals surface area contributed by atoms with Crippen LogP contribution in [0.4, 0.5) is 10.1 Å². The van der Waals surface area contributed by atoms with Crippen LogP contribution in [0.25, 0.3) is 0 Å². The second-order valence-corrected chi connectivity index (χ2v) is 8.15. The summed E-state index contributed by atoms with van der Waals surface area (Å²) in [6.45, 7) is 4.13. The number of nitrogens with one attached hydrogen (secondary N) is 1. The molecule has 1 N–H and O–H groups in total. The molecular weight excluding hydrogens is 351 g/mol. The summed E-state index contributed by atoms with van der Waals surface area (Å²) in [7, 11) is 2.96. The van der Waals surface area contributed by atoms with Crippen molar-refractivity contribution in [2.75, 3.05) is 51.8 Å². The number of hydrogen-bond donors (Lipinski definition) is 1. The number of methoxy groups -OCH3 is 1. The van der Waals surface area contributed by atoms with Gasteiger partial charge in [0.1, 0.15) is 5.69 Å². The summed E-state index contributed by atoms with van der Waals surface area (Å²) in [6.07, 6.45) is 2.81. The molecule has 3 saturated carbocycles. The Morgan fingerprint density at radius 2 is 1.89 bits per heavy atom. The SMILES string of the molecule is CNC(=O)c1ccc(N2CCN(CC34CC(C(=O)OC)(C3)C4)CC2)c(F)n1. The lowest BCUT2D eigenvalue weighted by molar-refractivity contribution is -0.230. The van der Waals surface area contributed by atoms with Gasteiger partial charge in [-0.1, -0.05) is 0 Å². The predicted octanol–water partition coefficient (Wildman–Crippen LogP) is 1.05. The predicted molar refractivity (Wildman–Crippen MR) is 97.0 cm³/mol. The zero-order valence-corrected chi connectivity index (χ0v) is 15.8. The number of carbonyl (C=O) groups excluding carboxylic acids is 2. The van der Waals surface area contributed by atoms with Gasteiger partial charge >= 0.3 is 5.97 Å². The number of pyridine rings is 1. The van der Waals surface area contributed by atoms with Gasteiger partial charge in [-0.15, -0.1) is 0 Å². The summed E-state index contributed by atoms with van der Waals surface area (Å²) >= 11 is 0. The highest BCUT2D eigenvalue weighted by atomic mass is 19.1. The first-order valence-electron chi connectivity index (χ1n) is 9.35. The van der Waals surface area contributed by atoms with Crippen LogP contribution in [0.1, 0.15) is 29.8 Å². The monoisotopic (exact) mass is 376 g/mol. The van der Waals surface area contributed by atoms with Gasteiger partial charge in [-0.25, -0.2) is 4.98 Å². The van der Waals surface area contributed by atoms with Crippen LogP contribution < -0.4 is 10.2 Å². The van der Waals surface area contributed by atoms with Crippen LogP contribution in [0.3, 0.4) is 0 Å². The van der Waals surface area contributed by atoms with Crippen LogP contribution in [0, 0.1) is 16.8 Å². The Balaban J connectivity index is 1.30. The Morgan fingerprint density at radius 1 is 1.22 bits per heavy atom. The minimum absolute atomic E-state index is 0.0580. The highest BCUT2D eigenvalue weighted by Crippen LogP contribution is 2.73. The number of anilines is 1. The highest BCUT2D eigenvalue weighted by Gasteiger charge is 2.72. The lowest BCUT2D eigenvalue weighted by Gasteiger charge is -2.69. The van der Waals surface area contributed by atoms with Gasteiger partial charge in [-0.2, -0.15) is 4.39 Å². The second-order valence-electron chi connectivity index (χ2n) is 8.15. The molecule has 4 aliphatic rings. The second kappa shape index (κ2) is 6.44. The quantitative estimate of drug-likeness (QED) is 0.612. The van der Waals surface area contributed by atoms with E-state index in [1.807, 2.05) is 4.90 Å². The van der Waals surface area contributed by atoms with Crippen molar-refractivity contribution in [2.45, 2.75) is 19.3 Å². The maximum Gasteiger partial charge on any atom is 0.311 e. The minimum atomic E-state index is -0.607. The van der Waals surface area contributed by atoms with E-state index in [2.05, 4.69) is 15.2 Å². The van der Waals surface area contributed by atoms with E-state index in [9.17, 15) is 14.0 Å². The molecule has 1 amide bonds. The van der Waals surface area contributed by atoms with E-state index in [0.29, 0.717) is 5.69 Å². The Morgan fingerprint density at radius 3 is 2.44 bits per heavy atom. The van der Waals surface area contributed by atoms with Crippen LogP contribution in [-0.4, -0.2) is 68.6 Å². The molecule has 27 heavy (non-hydrogen) atoms. The van der Waals surface area contributed by atoms with Crippen LogP contribution in [0.2, 0.25) is 0 Å². The smallest absolute Gasteiger partial charge is 0.311 e. The van der Waals surface area contributed by atoms with E-state index >= 15 is 0 Å². The molecule has 0 atom stereocenters. The first-order chi connectivity index (χ1) is 12.9. The van der Waals surface area contributed by atoms with E-state index in [-0.39, 0.29) is 22.5 Å². The molecule has 1 saturated heterocycles. The number of amides is 1. The van der Waals surface area contributed by atoms with E-state index in [1.165, 1.54) is 14.2 Å². The first kappa shape index (κ1) is 18.2. The molecule has 8 heteroatoms. The molecule has 2 heterocycles. The molecule has 0 radical (unpaired) electrons. The number of hydrogen-bond acceptors (Lipinski definition) is 6. The Labute approximate surface area is 157 Å². The van der Waals surface area contributed by atoms with Gasteiger partial charge < -0.3 is 15.0 Å². The Kier molecular flexibility index (Phi) is 4.33. The van der Waals surface area contributed by atoms with Gasteiger partial charge in [0.15, 0.2) is 0 Å². The van der Waals surface area contributed by atoms with Gasteiger partial charge in [0.2, 0.25) is 5.95 Å². The molecule has 1 aromatic rings. The molecule has 7 nitrogen and oxygen atoms in total. The van der Waals surface area contributed by atoms with Crippen LogP contribution in [-0.2, 0) is 9.53 Å². The average Bonchev–Trinajstić information content (AvgIpc) is 2.62. The summed E-state index contributed by atoms with van der Waals surface area (Å²) in [5.74, 6) is -1.06. The lowest BCUT2D eigenvalue weighted by atomic mass is 9.35. The number of carbonyl (C=O) groups is 2. The fourth-order valence-corrected chi connectivity index (χ4v) is 5.14. The molecular formula is C19H25FN4O3. The lowest BCUT2D eigenvalue weighted by Crippen LogP contribution is -2.69. The molecule has 0 aromatic carbocycles. The van der Waals surface area contributed by atoms with Gasteiger partial charge in [0, 0.05) is 39.8 Å². The summed E-state index contributed by atoms with van der Waals surface area (Å²) in [5.41, 5.74) is 0.606. The van der Waals surface area contributed by atoms with Crippen molar-refractivity contribution in [2.24, 2.45) is 10.8 Å². The van der Waals surface area contributed by atoms with E-state index in [0.717, 1.165) is 52.0 Å². The maximum atomic E-state index is 14.3. The van der Waals surface area contributed by atoms with Crippen molar-refractivity contribution in [1.29, 1.82) is 0 Å². The zero-order chi connectivity index (χ0) is 19.2. The number of rotatable bonds is 5. The third-order valence-corrected chi connectivity index (χ3v) is 6.32. The molecule has 146 valence electrons. The number of nitrogens with zero attached hydrogens (tertiary/aromatic N) is 3. The van der Waals surface area contributed by atoms with Crippen LogP contribution in [0.15, 0.2) is 12.1 Å². The third-order valence-electron chi connectivity index (χ3n) is 6.32. The molecule has 0 unspecified atom stereocenters. The molecule has 4 fully saturated rings. The number of piperazine rings is 1. The van der Waals surface area contributed by atoms with E-state index in [4.69, 9.17) is 4.74 Å². The highest BCUT2D eigenvalue weighted by molar-refractivity contribution is 5.92. The Bertz CT molecular complexity index is 756. The molecule has 5 rings (SSSR count). The van der Waals surface area contributed by atoms with Crippen molar-refractivity contribution in [3.63, 3.8) is 0 Å². The summed E-state index contributed by atoms with van der Waals surface area (Å²) < 4.78 is 19.2. The fraction of sp³-hybridized carbons (Fsp3) is 0.632. The van der Waals surface area contributed by atoms with Gasteiger partial charge in [0.05, 0.1) is 18.2 Å². The van der Waals surface area contributed by atoms with Crippen molar-refractivity contribution in [3.05, 3.63) is 23.8 Å². The van der Waals surface area contributed by atoms with Crippen molar-refractivity contribution < 1.29 is 18.7 Å². The minimum Gasteiger partial charge on any atom is -0.469 e. The Hall–Kier alpha value is -2.22. The molecule has 2 bridgehead atoms. The maximum absolute atomic E-state index is 14.3. The molecule has 3 aliphatic carbocycles. The van der Waals surface area contributed by atoms with E-state index < -0.39 is 11.9 Å².